The number of para-hydroxylation sites is 1. The fourth-order valence-electron chi connectivity index (χ4n) is 8.20. The number of benzene rings is 9. The van der Waals surface area contributed by atoms with E-state index < -0.39 is 0 Å². The molecule has 11 rings (SSSR count). The SMILES string of the molecule is c1ccc(-c2ccc(N(c3ccc(-c4ccc5c(c4)c4c(c6ccccc65)OC(c5ccccc5)N4)cc3)c3ccc4c(c3)oc3ccccc34)cc2)cc1. The van der Waals surface area contributed by atoms with Crippen molar-refractivity contribution in [1.29, 1.82) is 0 Å². The van der Waals surface area contributed by atoms with Crippen molar-refractivity contribution >= 4 is 66.2 Å². The minimum absolute atomic E-state index is 0.250. The average molecular weight is 707 g/mol. The quantitative estimate of drug-likeness (QED) is 0.175. The maximum absolute atomic E-state index is 6.64. The van der Waals surface area contributed by atoms with Gasteiger partial charge in [0.05, 0.1) is 5.69 Å². The lowest BCUT2D eigenvalue weighted by atomic mass is 9.95. The molecule has 0 spiro atoms. The molecule has 0 saturated heterocycles. The zero-order valence-electron chi connectivity index (χ0n) is 29.8. The van der Waals surface area contributed by atoms with Crippen LogP contribution in [0.1, 0.15) is 11.8 Å². The van der Waals surface area contributed by atoms with Gasteiger partial charge < -0.3 is 19.4 Å². The Morgan fingerprint density at radius 2 is 0.909 bits per heavy atom. The van der Waals surface area contributed by atoms with E-state index in [0.717, 1.165) is 77.9 Å². The number of hydrogen-bond acceptors (Lipinski definition) is 4. The van der Waals surface area contributed by atoms with Crippen molar-refractivity contribution in [3.63, 3.8) is 0 Å². The third-order valence-electron chi connectivity index (χ3n) is 10.9. The van der Waals surface area contributed by atoms with E-state index in [2.05, 4.69) is 186 Å². The summed E-state index contributed by atoms with van der Waals surface area (Å²) in [5, 5.41) is 10.6. The third-order valence-corrected chi connectivity index (χ3v) is 10.9. The molecular weight excluding hydrogens is 673 g/mol. The molecule has 1 aromatic heterocycles. The average Bonchev–Trinajstić information content (AvgIpc) is 3.88. The Bertz CT molecular complexity index is 3030. The van der Waals surface area contributed by atoms with E-state index in [9.17, 15) is 0 Å². The predicted octanol–water partition coefficient (Wildman–Crippen LogP) is 14.2. The van der Waals surface area contributed by atoms with Gasteiger partial charge in [0, 0.05) is 50.2 Å². The smallest absolute Gasteiger partial charge is 0.196 e. The first-order valence-corrected chi connectivity index (χ1v) is 18.7. The van der Waals surface area contributed by atoms with Crippen LogP contribution in [-0.4, -0.2) is 0 Å². The highest BCUT2D eigenvalue weighted by Gasteiger charge is 2.28. The number of rotatable bonds is 6. The minimum atomic E-state index is -0.250. The second kappa shape index (κ2) is 12.7. The summed E-state index contributed by atoms with van der Waals surface area (Å²) >= 11 is 0. The molecule has 1 aliphatic heterocycles. The van der Waals surface area contributed by atoms with Crippen molar-refractivity contribution < 1.29 is 9.15 Å². The van der Waals surface area contributed by atoms with Crippen LogP contribution in [0.5, 0.6) is 5.75 Å². The monoisotopic (exact) mass is 706 g/mol. The van der Waals surface area contributed by atoms with E-state index >= 15 is 0 Å². The van der Waals surface area contributed by atoms with Crippen molar-refractivity contribution in [2.75, 3.05) is 10.2 Å². The molecule has 1 aliphatic rings. The van der Waals surface area contributed by atoms with Crippen LogP contribution in [0.15, 0.2) is 199 Å². The number of ether oxygens (including phenoxy) is 1. The Morgan fingerprint density at radius 3 is 1.65 bits per heavy atom. The number of nitrogens with one attached hydrogen (secondary N) is 1. The van der Waals surface area contributed by atoms with E-state index in [1.54, 1.807) is 0 Å². The van der Waals surface area contributed by atoms with E-state index in [1.165, 1.54) is 21.9 Å². The number of anilines is 4. The summed E-state index contributed by atoms with van der Waals surface area (Å²) in [5.41, 5.74) is 11.7. The van der Waals surface area contributed by atoms with Crippen molar-refractivity contribution in [2.24, 2.45) is 0 Å². The fourth-order valence-corrected chi connectivity index (χ4v) is 8.20. The molecule has 4 heteroatoms. The standard InChI is InChI=1S/C51H34N2O2/c1-3-11-33(12-4-1)34-19-24-38(25-20-34)53(40-28-30-44-43-16-9-10-18-47(43)54-48(44)32-40)39-26-21-35(22-27-39)37-23-29-42-41-15-7-8-17-45(41)50-49(46(42)31-37)52-51(55-50)36-13-5-2-6-14-36/h1-32,51-52H. The summed E-state index contributed by atoms with van der Waals surface area (Å²) in [5.74, 6) is 0.903. The van der Waals surface area contributed by atoms with Gasteiger partial charge in [-0.05, 0) is 81.6 Å². The first-order chi connectivity index (χ1) is 27.2. The molecule has 55 heavy (non-hydrogen) atoms. The largest absolute Gasteiger partial charge is 0.464 e. The van der Waals surface area contributed by atoms with Gasteiger partial charge in [0.1, 0.15) is 11.2 Å². The molecule has 10 aromatic rings. The molecule has 0 saturated carbocycles. The molecule has 0 amide bonds. The summed E-state index contributed by atoms with van der Waals surface area (Å²) in [6, 6.07) is 68.6. The van der Waals surface area contributed by atoms with Gasteiger partial charge >= 0.3 is 0 Å². The van der Waals surface area contributed by atoms with Gasteiger partial charge in [-0.15, -0.1) is 0 Å². The second-order valence-corrected chi connectivity index (χ2v) is 14.1. The number of furan rings is 1. The molecule has 260 valence electrons. The van der Waals surface area contributed by atoms with Gasteiger partial charge in [-0.3, -0.25) is 0 Å². The zero-order chi connectivity index (χ0) is 36.3. The van der Waals surface area contributed by atoms with Crippen molar-refractivity contribution in [3.05, 3.63) is 200 Å². The molecular formula is C51H34N2O2. The number of nitrogens with zero attached hydrogens (tertiary/aromatic N) is 1. The molecule has 1 atom stereocenters. The van der Waals surface area contributed by atoms with Crippen LogP contribution in [0.25, 0.3) is 65.7 Å². The van der Waals surface area contributed by atoms with Gasteiger partial charge in [-0.25, -0.2) is 0 Å². The first-order valence-electron chi connectivity index (χ1n) is 18.7. The highest BCUT2D eigenvalue weighted by Crippen LogP contribution is 2.49. The Kier molecular flexibility index (Phi) is 7.20. The lowest BCUT2D eigenvalue weighted by Gasteiger charge is -2.26. The van der Waals surface area contributed by atoms with E-state index in [0.29, 0.717) is 0 Å². The Labute approximate surface area is 318 Å². The van der Waals surface area contributed by atoms with Crippen LogP contribution in [0.4, 0.5) is 22.7 Å². The van der Waals surface area contributed by atoms with Gasteiger partial charge in [0.15, 0.2) is 12.0 Å². The Morgan fingerprint density at radius 1 is 0.382 bits per heavy atom. The molecule has 9 aromatic carbocycles. The van der Waals surface area contributed by atoms with Crippen molar-refractivity contribution in [3.8, 4) is 28.0 Å². The predicted molar refractivity (Wildman–Crippen MR) is 228 cm³/mol. The van der Waals surface area contributed by atoms with Crippen molar-refractivity contribution in [1.82, 2.24) is 0 Å². The normalized spacial score (nSPS) is 13.6. The Balaban J connectivity index is 1.00. The van der Waals surface area contributed by atoms with Crippen LogP contribution in [-0.2, 0) is 0 Å². The fraction of sp³-hybridized carbons (Fsp3) is 0.0196. The summed E-state index contributed by atoms with van der Waals surface area (Å²) in [7, 11) is 0. The van der Waals surface area contributed by atoms with Crippen LogP contribution in [0.2, 0.25) is 0 Å². The van der Waals surface area contributed by atoms with Crippen LogP contribution in [0.3, 0.4) is 0 Å². The molecule has 0 radical (unpaired) electrons. The highest BCUT2D eigenvalue weighted by molar-refractivity contribution is 6.18. The highest BCUT2D eigenvalue weighted by atomic mass is 16.5. The van der Waals surface area contributed by atoms with Gasteiger partial charge in [0.25, 0.3) is 0 Å². The third kappa shape index (κ3) is 5.30. The van der Waals surface area contributed by atoms with Gasteiger partial charge in [-0.2, -0.15) is 0 Å². The van der Waals surface area contributed by atoms with E-state index in [-0.39, 0.29) is 6.23 Å². The topological polar surface area (TPSA) is 37.6 Å². The molecule has 2 heterocycles. The van der Waals surface area contributed by atoms with E-state index in [4.69, 9.17) is 9.15 Å². The summed E-state index contributed by atoms with van der Waals surface area (Å²) < 4.78 is 13.0. The maximum atomic E-state index is 6.64. The van der Waals surface area contributed by atoms with Crippen LogP contribution in [0, 0.1) is 0 Å². The summed E-state index contributed by atoms with van der Waals surface area (Å²) in [4.78, 5) is 2.30. The number of hydrogen-bond donors (Lipinski definition) is 1. The second-order valence-electron chi connectivity index (χ2n) is 14.1. The molecule has 0 bridgehead atoms. The summed E-state index contributed by atoms with van der Waals surface area (Å²) in [6.45, 7) is 0. The minimum Gasteiger partial charge on any atom is -0.464 e. The molecule has 0 aliphatic carbocycles. The lowest BCUT2D eigenvalue weighted by Crippen LogP contribution is -2.09. The molecule has 0 fully saturated rings. The Hall–Kier alpha value is -7.30. The maximum Gasteiger partial charge on any atom is 0.196 e. The van der Waals surface area contributed by atoms with Crippen LogP contribution < -0.4 is 15.0 Å². The van der Waals surface area contributed by atoms with E-state index in [1.807, 2.05) is 18.2 Å². The zero-order valence-corrected chi connectivity index (χ0v) is 29.8. The number of fused-ring (bicyclic) bond motifs is 9. The molecule has 4 nitrogen and oxygen atoms in total. The lowest BCUT2D eigenvalue weighted by molar-refractivity contribution is 0.262. The first kappa shape index (κ1) is 31.2. The van der Waals surface area contributed by atoms with Crippen LogP contribution >= 0.6 is 0 Å². The van der Waals surface area contributed by atoms with Gasteiger partial charge in [0.2, 0.25) is 0 Å². The van der Waals surface area contributed by atoms with Crippen molar-refractivity contribution in [2.45, 2.75) is 6.23 Å². The van der Waals surface area contributed by atoms with Gasteiger partial charge in [-0.1, -0.05) is 140 Å². The molecule has 1 unspecified atom stereocenters. The molecule has 1 N–H and O–H groups in total. The summed E-state index contributed by atoms with van der Waals surface area (Å²) in [6.07, 6.45) is -0.250.